The van der Waals surface area contributed by atoms with Gasteiger partial charge in [0.25, 0.3) is 0 Å². The number of amidine groups is 1. The Morgan fingerprint density at radius 2 is 1.65 bits per heavy atom. The summed E-state index contributed by atoms with van der Waals surface area (Å²) in [5.74, 6) is 0.0843. The van der Waals surface area contributed by atoms with Crippen LogP contribution < -0.4 is 14.5 Å². The van der Waals surface area contributed by atoms with E-state index in [1.165, 1.54) is 11.0 Å². The fourth-order valence-corrected chi connectivity index (χ4v) is 5.32. The Kier molecular flexibility index (Phi) is 10.0. The molecule has 3 aromatic rings. The Balaban J connectivity index is 1.39. The number of hydrogen-bond donors (Lipinski definition) is 1. The van der Waals surface area contributed by atoms with Gasteiger partial charge < -0.3 is 19.1 Å². The lowest BCUT2D eigenvalue weighted by molar-refractivity contribution is -0.156. The van der Waals surface area contributed by atoms with Crippen molar-refractivity contribution >= 4 is 40.5 Å². The van der Waals surface area contributed by atoms with Crippen molar-refractivity contribution in [2.75, 3.05) is 29.6 Å². The Morgan fingerprint density at radius 3 is 2.24 bits per heavy atom. The summed E-state index contributed by atoms with van der Waals surface area (Å²) in [4.78, 5) is 19.1. The molecule has 0 saturated carbocycles. The number of nitriles is 1. The maximum Gasteiger partial charge on any atom is 0.417 e. The van der Waals surface area contributed by atoms with Crippen molar-refractivity contribution in [2.24, 2.45) is 0 Å². The molecule has 1 fully saturated rings. The van der Waals surface area contributed by atoms with E-state index in [2.05, 4.69) is 4.98 Å². The Labute approximate surface area is 271 Å². The molecule has 0 atom stereocenters. The molecule has 2 aromatic carbocycles. The van der Waals surface area contributed by atoms with Crippen LogP contribution >= 0.6 is 12.2 Å². The predicted molar refractivity (Wildman–Crippen MR) is 172 cm³/mol. The number of nitrogens with one attached hydrogen (secondary N) is 1. The first-order valence-electron chi connectivity index (χ1n) is 14.4. The zero-order valence-electron chi connectivity index (χ0n) is 26.1. The van der Waals surface area contributed by atoms with Crippen LogP contribution in [0.4, 0.5) is 24.5 Å². The molecule has 1 aromatic heterocycles. The fraction of sp³-hybridized carbons (Fsp3) is 0.364. The number of anilines is 2. The number of carbonyl (C=O) groups excluding carboxylic acids is 1. The van der Waals surface area contributed by atoms with Crippen LogP contribution in [-0.4, -0.2) is 52.9 Å². The molecule has 0 aliphatic carbocycles. The second-order valence-corrected chi connectivity index (χ2v) is 12.3. The predicted octanol–water partition coefficient (Wildman–Crippen LogP) is 7.13. The number of benzene rings is 2. The molecule has 9 nitrogen and oxygen atoms in total. The van der Waals surface area contributed by atoms with Gasteiger partial charge in [-0.1, -0.05) is 12.1 Å². The van der Waals surface area contributed by atoms with Crippen molar-refractivity contribution in [3.63, 3.8) is 0 Å². The first-order valence-corrected chi connectivity index (χ1v) is 14.8. The molecule has 1 N–H and O–H groups in total. The average Bonchev–Trinajstić information content (AvgIpc) is 3.16. The molecule has 242 valence electrons. The van der Waals surface area contributed by atoms with E-state index >= 15 is 0 Å². The monoisotopic (exact) mass is 653 g/mol. The first kappa shape index (κ1) is 34.3. The van der Waals surface area contributed by atoms with Crippen LogP contribution in [0.25, 0.3) is 11.1 Å². The number of aromatic nitrogens is 1. The van der Waals surface area contributed by atoms with Gasteiger partial charge in [0.05, 0.1) is 48.1 Å². The van der Waals surface area contributed by atoms with Crippen LogP contribution in [0.1, 0.15) is 52.2 Å². The second-order valence-electron chi connectivity index (χ2n) is 11.9. The lowest BCUT2D eigenvalue weighted by Crippen LogP contribution is -2.44. The van der Waals surface area contributed by atoms with E-state index in [-0.39, 0.29) is 48.8 Å². The minimum Gasteiger partial charge on any atom is -0.475 e. The minimum absolute atomic E-state index is 0.00682. The number of esters is 1. The third-order valence-electron chi connectivity index (χ3n) is 6.98. The molecular weight excluding hydrogens is 619 g/mol. The van der Waals surface area contributed by atoms with Crippen molar-refractivity contribution in [2.45, 2.75) is 58.4 Å². The molecule has 2 heterocycles. The van der Waals surface area contributed by atoms with Gasteiger partial charge in [-0.2, -0.15) is 18.4 Å². The number of ether oxygens (including phenoxy) is 3. The topological polar surface area (TPSA) is 112 Å². The summed E-state index contributed by atoms with van der Waals surface area (Å²) in [7, 11) is 0. The van der Waals surface area contributed by atoms with Crippen molar-refractivity contribution in [3.05, 3.63) is 71.9 Å². The van der Waals surface area contributed by atoms with E-state index in [1.807, 2.05) is 51.1 Å². The minimum atomic E-state index is -4.74. The van der Waals surface area contributed by atoms with Gasteiger partial charge in [-0.3, -0.25) is 15.1 Å². The largest absolute Gasteiger partial charge is 0.475 e. The van der Waals surface area contributed by atoms with Crippen LogP contribution in [0.5, 0.6) is 5.88 Å². The molecule has 0 bridgehead atoms. The van der Waals surface area contributed by atoms with E-state index in [0.717, 1.165) is 23.3 Å². The van der Waals surface area contributed by atoms with Gasteiger partial charge in [-0.15, -0.1) is 0 Å². The SMILES string of the molecule is CC(C)(C)OC(=O)CCOCCOc1ccc(-c2ccc(N3C(=S)N(c4ccc(C#N)c(C(F)(F)F)c4)C(=N)C3(C)C)cc2)cn1. The van der Waals surface area contributed by atoms with Gasteiger partial charge in [-0.25, -0.2) is 4.98 Å². The van der Waals surface area contributed by atoms with E-state index in [9.17, 15) is 18.0 Å². The van der Waals surface area contributed by atoms with E-state index in [4.69, 9.17) is 37.1 Å². The van der Waals surface area contributed by atoms with Gasteiger partial charge in [0, 0.05) is 23.5 Å². The summed E-state index contributed by atoms with van der Waals surface area (Å²) in [6.45, 7) is 9.72. The molecule has 4 rings (SSSR count). The molecule has 1 aliphatic rings. The number of pyridine rings is 1. The van der Waals surface area contributed by atoms with Crippen molar-refractivity contribution in [3.8, 4) is 23.1 Å². The fourth-order valence-electron chi connectivity index (χ4n) is 4.78. The highest BCUT2D eigenvalue weighted by molar-refractivity contribution is 7.81. The van der Waals surface area contributed by atoms with Crippen molar-refractivity contribution in [1.82, 2.24) is 4.98 Å². The van der Waals surface area contributed by atoms with Crippen LogP contribution in [0.3, 0.4) is 0 Å². The van der Waals surface area contributed by atoms with Crippen LogP contribution in [-0.2, 0) is 20.4 Å². The third-order valence-corrected chi connectivity index (χ3v) is 7.34. The molecule has 0 unspecified atom stereocenters. The Morgan fingerprint density at radius 1 is 1.00 bits per heavy atom. The quantitative estimate of drug-likeness (QED) is 0.139. The van der Waals surface area contributed by atoms with Crippen molar-refractivity contribution < 1.29 is 32.2 Å². The molecule has 13 heteroatoms. The number of alkyl halides is 3. The average molecular weight is 654 g/mol. The summed E-state index contributed by atoms with van der Waals surface area (Å²) in [6, 6.07) is 15.8. The maximum atomic E-state index is 13.7. The number of hydrogen-bond acceptors (Lipinski definition) is 8. The van der Waals surface area contributed by atoms with Gasteiger partial charge >= 0.3 is 12.1 Å². The molecule has 0 spiro atoms. The smallest absolute Gasteiger partial charge is 0.417 e. The van der Waals surface area contributed by atoms with Gasteiger partial charge in [-0.05, 0) is 88.8 Å². The molecule has 46 heavy (non-hydrogen) atoms. The van der Waals surface area contributed by atoms with Crippen molar-refractivity contribution in [1.29, 1.82) is 10.7 Å². The van der Waals surface area contributed by atoms with E-state index in [1.54, 1.807) is 37.1 Å². The number of halogens is 3. The standard InChI is InChI=1S/C33H34F3N5O4S/c1-31(2,3)45-28(42)14-15-43-16-17-44-27-13-9-23(20-39-27)21-6-10-24(11-7-21)41-30(46)40(29(38)32(41,4)5)25-12-8-22(19-37)26(18-25)33(34,35)36/h6-13,18,20,38H,14-17H2,1-5H3. The number of rotatable bonds is 10. The summed E-state index contributed by atoms with van der Waals surface area (Å²) in [5, 5.41) is 18.1. The highest BCUT2D eigenvalue weighted by Crippen LogP contribution is 2.40. The molecule has 0 radical (unpaired) electrons. The van der Waals surface area contributed by atoms with Gasteiger partial charge in [0.1, 0.15) is 18.0 Å². The van der Waals surface area contributed by atoms with E-state index in [0.29, 0.717) is 11.6 Å². The molecule has 0 amide bonds. The Hall–Kier alpha value is -4.54. The zero-order chi connectivity index (χ0) is 33.9. The second kappa shape index (κ2) is 13.4. The van der Waals surface area contributed by atoms with Crippen LogP contribution in [0.2, 0.25) is 0 Å². The summed E-state index contributed by atoms with van der Waals surface area (Å²) in [6.07, 6.45) is -2.92. The number of carbonyl (C=O) groups is 1. The third kappa shape index (κ3) is 7.81. The van der Waals surface area contributed by atoms with E-state index < -0.39 is 28.4 Å². The maximum absolute atomic E-state index is 13.7. The highest BCUT2D eigenvalue weighted by Gasteiger charge is 2.48. The number of nitrogens with zero attached hydrogens (tertiary/aromatic N) is 4. The summed E-state index contributed by atoms with van der Waals surface area (Å²) < 4.78 is 57.2. The molecule has 1 saturated heterocycles. The van der Waals surface area contributed by atoms with Crippen LogP contribution in [0, 0.1) is 16.7 Å². The molecular formula is C33H34F3N5O4S. The summed E-state index contributed by atoms with van der Waals surface area (Å²) >= 11 is 5.69. The number of thiocarbonyl (C=S) groups is 1. The van der Waals surface area contributed by atoms with Gasteiger partial charge in [0.2, 0.25) is 5.88 Å². The summed E-state index contributed by atoms with van der Waals surface area (Å²) in [5.41, 5.74) is -0.732. The molecule has 1 aliphatic heterocycles. The zero-order valence-corrected chi connectivity index (χ0v) is 26.9. The van der Waals surface area contributed by atoms with Crippen LogP contribution in [0.15, 0.2) is 60.8 Å². The van der Waals surface area contributed by atoms with Gasteiger partial charge in [0.15, 0.2) is 5.11 Å². The lowest BCUT2D eigenvalue weighted by atomic mass is 10.0. The Bertz CT molecular complexity index is 1650. The normalized spacial score (nSPS) is 14.8. The lowest BCUT2D eigenvalue weighted by Gasteiger charge is -2.30. The highest BCUT2D eigenvalue weighted by atomic mass is 32.1. The first-order chi connectivity index (χ1) is 21.5.